The quantitative estimate of drug-likeness (QED) is 0.407. The highest BCUT2D eigenvalue weighted by atomic mass is 32.2. The molecule has 0 aliphatic carbocycles. The van der Waals surface area contributed by atoms with Gasteiger partial charge in [-0.25, -0.2) is 22.9 Å². The zero-order valence-corrected chi connectivity index (χ0v) is 16.0. The summed E-state index contributed by atoms with van der Waals surface area (Å²) in [7, 11) is -3.25. The van der Waals surface area contributed by atoms with E-state index in [1.165, 1.54) is 6.20 Å². The van der Waals surface area contributed by atoms with Crippen molar-refractivity contribution in [3.05, 3.63) is 47.7 Å². The molecule has 1 heterocycles. The number of nitrogens with one attached hydrogen (secondary N) is 3. The van der Waals surface area contributed by atoms with Crippen molar-refractivity contribution < 1.29 is 17.9 Å². The molecule has 10 heteroatoms. The number of carbonyl (C=O) groups is 1. The number of hydrogen-bond acceptors (Lipinski definition) is 8. The summed E-state index contributed by atoms with van der Waals surface area (Å²) in [6, 6.07) is 9.67. The van der Waals surface area contributed by atoms with Crippen LogP contribution in [-0.2, 0) is 21.3 Å². The summed E-state index contributed by atoms with van der Waals surface area (Å²) in [6.45, 7) is 2.92. The highest BCUT2D eigenvalue weighted by Gasteiger charge is 2.16. The monoisotopic (exact) mass is 393 g/mol. The Bertz CT molecular complexity index is 859. The van der Waals surface area contributed by atoms with Gasteiger partial charge in [-0.2, -0.15) is 4.98 Å². The van der Waals surface area contributed by atoms with Crippen LogP contribution < -0.4 is 15.4 Å². The largest absolute Gasteiger partial charge is 0.462 e. The van der Waals surface area contributed by atoms with Gasteiger partial charge in [0.05, 0.1) is 12.9 Å². The summed E-state index contributed by atoms with van der Waals surface area (Å²) in [5.74, 6) is 0.0955. The standard InChI is InChI=1S/C17H23N5O4S/c1-3-26-16(23)14-12-20-17(18-9-10-21-27(2,24)25)22-15(14)19-11-13-7-5-4-6-8-13/h4-8,12,21H,3,9-11H2,1-2H3,(H2,18,19,20,22). The Morgan fingerprint density at radius 1 is 1.15 bits per heavy atom. The molecule has 3 N–H and O–H groups in total. The van der Waals surface area contributed by atoms with E-state index in [1.807, 2.05) is 30.3 Å². The number of sulfonamides is 1. The molecular weight excluding hydrogens is 370 g/mol. The van der Waals surface area contributed by atoms with Crippen LogP contribution >= 0.6 is 0 Å². The number of rotatable bonds is 10. The van der Waals surface area contributed by atoms with E-state index in [4.69, 9.17) is 4.74 Å². The summed E-state index contributed by atoms with van der Waals surface area (Å²) in [6.07, 6.45) is 2.47. The number of nitrogens with zero attached hydrogens (tertiary/aromatic N) is 2. The molecule has 0 amide bonds. The molecule has 0 bridgehead atoms. The van der Waals surface area contributed by atoms with Crippen molar-refractivity contribution in [3.8, 4) is 0 Å². The number of benzene rings is 1. The molecule has 146 valence electrons. The van der Waals surface area contributed by atoms with Gasteiger partial charge in [-0.1, -0.05) is 30.3 Å². The van der Waals surface area contributed by atoms with E-state index in [9.17, 15) is 13.2 Å². The minimum Gasteiger partial charge on any atom is -0.462 e. The second-order valence-electron chi connectivity index (χ2n) is 5.61. The fourth-order valence-electron chi connectivity index (χ4n) is 2.15. The van der Waals surface area contributed by atoms with Crippen LogP contribution in [0.1, 0.15) is 22.8 Å². The van der Waals surface area contributed by atoms with E-state index in [2.05, 4.69) is 25.3 Å². The number of ether oxygens (including phenoxy) is 1. The molecule has 2 rings (SSSR count). The Labute approximate surface area is 158 Å². The third kappa shape index (κ3) is 7.19. The van der Waals surface area contributed by atoms with Crippen LogP contribution in [0.4, 0.5) is 11.8 Å². The summed E-state index contributed by atoms with van der Waals surface area (Å²) >= 11 is 0. The van der Waals surface area contributed by atoms with Gasteiger partial charge in [0.1, 0.15) is 11.4 Å². The molecule has 0 fully saturated rings. The number of hydrogen-bond donors (Lipinski definition) is 3. The third-order valence-electron chi connectivity index (χ3n) is 3.36. The fourth-order valence-corrected chi connectivity index (χ4v) is 2.63. The molecule has 9 nitrogen and oxygen atoms in total. The molecule has 0 atom stereocenters. The molecule has 0 saturated carbocycles. The first kappa shape index (κ1) is 20.6. The molecular formula is C17H23N5O4S. The Hall–Kier alpha value is -2.72. The topological polar surface area (TPSA) is 122 Å². The van der Waals surface area contributed by atoms with Gasteiger partial charge in [0.25, 0.3) is 0 Å². The van der Waals surface area contributed by atoms with Crippen molar-refractivity contribution in [3.63, 3.8) is 0 Å². The molecule has 0 spiro atoms. The SMILES string of the molecule is CCOC(=O)c1cnc(NCCNS(C)(=O)=O)nc1NCc1ccccc1. The van der Waals surface area contributed by atoms with E-state index in [1.54, 1.807) is 6.92 Å². The molecule has 1 aromatic carbocycles. The molecule has 1 aromatic heterocycles. The van der Waals surface area contributed by atoms with Crippen LogP contribution in [-0.4, -0.2) is 50.3 Å². The van der Waals surface area contributed by atoms with Crippen LogP contribution in [0, 0.1) is 0 Å². The second-order valence-corrected chi connectivity index (χ2v) is 7.44. The predicted octanol–water partition coefficient (Wildman–Crippen LogP) is 1.23. The number of carbonyl (C=O) groups excluding carboxylic acids is 1. The molecule has 2 aromatic rings. The zero-order chi connectivity index (χ0) is 19.7. The summed E-state index contributed by atoms with van der Waals surface area (Å²) < 4.78 is 29.5. The van der Waals surface area contributed by atoms with Crippen LogP contribution in [0.25, 0.3) is 0 Å². The average Bonchev–Trinajstić information content (AvgIpc) is 2.64. The van der Waals surface area contributed by atoms with E-state index in [0.29, 0.717) is 18.9 Å². The molecule has 0 unspecified atom stereocenters. The number of aromatic nitrogens is 2. The Morgan fingerprint density at radius 3 is 2.56 bits per heavy atom. The molecule has 27 heavy (non-hydrogen) atoms. The average molecular weight is 393 g/mol. The lowest BCUT2D eigenvalue weighted by Gasteiger charge is -2.12. The minimum absolute atomic E-state index is 0.189. The van der Waals surface area contributed by atoms with Gasteiger partial charge in [0.2, 0.25) is 16.0 Å². The smallest absolute Gasteiger partial charge is 0.343 e. The highest BCUT2D eigenvalue weighted by molar-refractivity contribution is 7.88. The van der Waals surface area contributed by atoms with Crippen molar-refractivity contribution in [2.75, 3.05) is 36.6 Å². The van der Waals surface area contributed by atoms with Crippen LogP contribution in [0.2, 0.25) is 0 Å². The molecule has 0 aliphatic heterocycles. The lowest BCUT2D eigenvalue weighted by Crippen LogP contribution is -2.28. The van der Waals surface area contributed by atoms with E-state index < -0.39 is 16.0 Å². The summed E-state index contributed by atoms with van der Waals surface area (Å²) in [4.78, 5) is 20.5. The van der Waals surface area contributed by atoms with Gasteiger partial charge in [-0.05, 0) is 12.5 Å². The molecule has 0 aliphatic rings. The van der Waals surface area contributed by atoms with Crippen molar-refractivity contribution in [1.82, 2.24) is 14.7 Å². The first-order valence-electron chi connectivity index (χ1n) is 8.39. The third-order valence-corrected chi connectivity index (χ3v) is 4.09. The van der Waals surface area contributed by atoms with Crippen LogP contribution in [0.3, 0.4) is 0 Å². The lowest BCUT2D eigenvalue weighted by atomic mass is 10.2. The summed E-state index contributed by atoms with van der Waals surface area (Å²) in [5.41, 5.74) is 1.25. The van der Waals surface area contributed by atoms with Crippen LogP contribution in [0.15, 0.2) is 36.5 Å². The van der Waals surface area contributed by atoms with E-state index >= 15 is 0 Å². The van der Waals surface area contributed by atoms with Gasteiger partial charge in [0.15, 0.2) is 0 Å². The lowest BCUT2D eigenvalue weighted by molar-refractivity contribution is 0.0526. The zero-order valence-electron chi connectivity index (χ0n) is 15.2. The van der Waals surface area contributed by atoms with Crippen molar-refractivity contribution in [2.45, 2.75) is 13.5 Å². The van der Waals surface area contributed by atoms with Gasteiger partial charge in [0, 0.05) is 25.8 Å². The van der Waals surface area contributed by atoms with E-state index in [-0.39, 0.29) is 24.7 Å². The van der Waals surface area contributed by atoms with Crippen molar-refractivity contribution in [2.24, 2.45) is 0 Å². The minimum atomic E-state index is -3.25. The van der Waals surface area contributed by atoms with Gasteiger partial charge >= 0.3 is 5.97 Å². The Kier molecular flexibility index (Phi) is 7.50. The van der Waals surface area contributed by atoms with Gasteiger partial charge < -0.3 is 15.4 Å². The maximum Gasteiger partial charge on any atom is 0.343 e. The molecule has 0 saturated heterocycles. The molecule has 0 radical (unpaired) electrons. The maximum absolute atomic E-state index is 12.1. The summed E-state index contributed by atoms with van der Waals surface area (Å²) in [5, 5.41) is 6.03. The second kappa shape index (κ2) is 9.83. The van der Waals surface area contributed by atoms with Gasteiger partial charge in [-0.3, -0.25) is 0 Å². The highest BCUT2D eigenvalue weighted by Crippen LogP contribution is 2.16. The maximum atomic E-state index is 12.1. The Morgan fingerprint density at radius 2 is 1.89 bits per heavy atom. The van der Waals surface area contributed by atoms with Crippen LogP contribution in [0.5, 0.6) is 0 Å². The fraction of sp³-hybridized carbons (Fsp3) is 0.353. The van der Waals surface area contributed by atoms with E-state index in [0.717, 1.165) is 11.8 Å². The first-order chi connectivity index (χ1) is 12.9. The first-order valence-corrected chi connectivity index (χ1v) is 10.3. The number of anilines is 2. The number of esters is 1. The van der Waals surface area contributed by atoms with Crippen molar-refractivity contribution in [1.29, 1.82) is 0 Å². The normalized spacial score (nSPS) is 11.0. The van der Waals surface area contributed by atoms with Gasteiger partial charge in [-0.15, -0.1) is 0 Å². The predicted molar refractivity (Wildman–Crippen MR) is 103 cm³/mol. The Balaban J connectivity index is 2.09. The van der Waals surface area contributed by atoms with Crippen molar-refractivity contribution >= 4 is 27.8 Å².